The van der Waals surface area contributed by atoms with E-state index in [1.807, 2.05) is 0 Å². The van der Waals surface area contributed by atoms with Crippen molar-refractivity contribution in [3.05, 3.63) is 18.2 Å². The number of sulfone groups is 1. The van der Waals surface area contributed by atoms with Crippen LogP contribution in [0.5, 0.6) is 11.5 Å². The summed E-state index contributed by atoms with van der Waals surface area (Å²) in [4.78, 5) is 24.0. The Balaban J connectivity index is 2.08. The number of hydrogen-bond donors (Lipinski definition) is 1. The topological polar surface area (TPSA) is 110 Å². The molecular formula is C16H21NO7S. The number of benzene rings is 1. The van der Waals surface area contributed by atoms with E-state index in [0.29, 0.717) is 31.1 Å². The van der Waals surface area contributed by atoms with Crippen molar-refractivity contribution in [2.24, 2.45) is 0 Å². The highest BCUT2D eigenvalue weighted by Crippen LogP contribution is 2.32. The minimum absolute atomic E-state index is 0.0403. The molecule has 0 fully saturated rings. The van der Waals surface area contributed by atoms with Gasteiger partial charge in [-0.1, -0.05) is 0 Å². The molecule has 138 valence electrons. The molecule has 1 aromatic rings. The van der Waals surface area contributed by atoms with Crippen LogP contribution in [0.1, 0.15) is 19.8 Å². The normalized spacial score (nSPS) is 15.1. The maximum Gasteiger partial charge on any atom is 0.326 e. The summed E-state index contributed by atoms with van der Waals surface area (Å²) in [5.41, 5.74) is 0. The van der Waals surface area contributed by atoms with E-state index in [1.54, 1.807) is 0 Å². The first kappa shape index (κ1) is 19.0. The lowest BCUT2D eigenvalue weighted by molar-refractivity contribution is -0.148. The number of carboxylic acids is 1. The Morgan fingerprint density at radius 2 is 1.88 bits per heavy atom. The van der Waals surface area contributed by atoms with Gasteiger partial charge in [-0.3, -0.25) is 4.79 Å². The van der Waals surface area contributed by atoms with Gasteiger partial charge >= 0.3 is 5.97 Å². The highest BCUT2D eigenvalue weighted by molar-refractivity contribution is 7.91. The van der Waals surface area contributed by atoms with Gasteiger partial charge in [0.1, 0.15) is 6.04 Å². The Hall–Kier alpha value is -2.29. The van der Waals surface area contributed by atoms with Crippen LogP contribution < -0.4 is 9.47 Å². The zero-order valence-corrected chi connectivity index (χ0v) is 14.9. The largest absolute Gasteiger partial charge is 0.490 e. The Morgan fingerprint density at radius 1 is 1.24 bits per heavy atom. The van der Waals surface area contributed by atoms with Gasteiger partial charge < -0.3 is 19.5 Å². The van der Waals surface area contributed by atoms with Gasteiger partial charge in [0, 0.05) is 26.0 Å². The van der Waals surface area contributed by atoms with Gasteiger partial charge in [0.15, 0.2) is 21.3 Å². The van der Waals surface area contributed by atoms with Gasteiger partial charge in [-0.2, -0.15) is 0 Å². The maximum absolute atomic E-state index is 12.5. The summed E-state index contributed by atoms with van der Waals surface area (Å²) in [6.07, 6.45) is 0.407. The van der Waals surface area contributed by atoms with E-state index in [-0.39, 0.29) is 11.3 Å². The van der Waals surface area contributed by atoms with Crippen molar-refractivity contribution in [1.82, 2.24) is 4.90 Å². The number of aliphatic carboxylic acids is 1. The molecule has 0 bridgehead atoms. The van der Waals surface area contributed by atoms with Gasteiger partial charge in [-0.05, 0) is 19.1 Å². The molecule has 0 spiro atoms. The first-order valence-corrected chi connectivity index (χ1v) is 9.48. The molecule has 0 aliphatic carbocycles. The molecule has 1 amide bonds. The van der Waals surface area contributed by atoms with Crippen molar-refractivity contribution in [2.45, 2.75) is 30.7 Å². The van der Waals surface area contributed by atoms with E-state index in [0.717, 1.165) is 4.90 Å². The third-order valence-corrected chi connectivity index (χ3v) is 5.71. The standard InChI is InChI=1S/C16H21NO7S/c1-11(16(19)20)17(2)15(18)6-9-25(21,22)12-4-5-13-14(10-12)24-8-3-7-23-13/h4-5,10-11H,3,6-9H2,1-2H3,(H,19,20). The average molecular weight is 371 g/mol. The highest BCUT2D eigenvalue weighted by atomic mass is 32.2. The van der Waals surface area contributed by atoms with Crippen LogP contribution in [0.15, 0.2) is 23.1 Å². The molecule has 1 aliphatic rings. The average Bonchev–Trinajstić information content (AvgIpc) is 2.82. The molecule has 1 unspecified atom stereocenters. The van der Waals surface area contributed by atoms with E-state index in [9.17, 15) is 18.0 Å². The van der Waals surface area contributed by atoms with Crippen LogP contribution in [0, 0.1) is 0 Å². The van der Waals surface area contributed by atoms with Crippen molar-refractivity contribution < 1.29 is 32.6 Å². The van der Waals surface area contributed by atoms with E-state index < -0.39 is 33.5 Å². The molecule has 1 aromatic carbocycles. The third kappa shape index (κ3) is 4.62. The lowest BCUT2D eigenvalue weighted by Crippen LogP contribution is -2.40. The molecule has 2 rings (SSSR count). The Morgan fingerprint density at radius 3 is 2.52 bits per heavy atom. The fourth-order valence-electron chi connectivity index (χ4n) is 2.23. The van der Waals surface area contributed by atoms with Crippen molar-refractivity contribution in [3.8, 4) is 11.5 Å². The second-order valence-electron chi connectivity index (χ2n) is 5.75. The third-order valence-electron chi connectivity index (χ3n) is 3.99. The van der Waals surface area contributed by atoms with Crippen molar-refractivity contribution in [1.29, 1.82) is 0 Å². The van der Waals surface area contributed by atoms with Crippen LogP contribution in [0.25, 0.3) is 0 Å². The monoisotopic (exact) mass is 371 g/mol. The summed E-state index contributed by atoms with van der Waals surface area (Å²) >= 11 is 0. The number of nitrogens with zero attached hydrogens (tertiary/aromatic N) is 1. The summed E-state index contributed by atoms with van der Waals surface area (Å²) in [6, 6.07) is 3.32. The van der Waals surface area contributed by atoms with Crippen LogP contribution in [-0.2, 0) is 19.4 Å². The number of hydrogen-bond acceptors (Lipinski definition) is 6. The number of fused-ring (bicyclic) bond motifs is 1. The Bertz CT molecular complexity index is 760. The first-order valence-electron chi connectivity index (χ1n) is 7.83. The summed E-state index contributed by atoms with van der Waals surface area (Å²) in [7, 11) is -2.38. The van der Waals surface area contributed by atoms with Crippen molar-refractivity contribution in [2.75, 3.05) is 26.0 Å². The number of likely N-dealkylation sites (N-methyl/N-ethyl adjacent to an activating group) is 1. The number of carbonyl (C=O) groups is 2. The summed E-state index contributed by atoms with van der Waals surface area (Å²) in [5, 5.41) is 8.91. The van der Waals surface area contributed by atoms with Crippen LogP contribution in [0.3, 0.4) is 0 Å². The number of amides is 1. The molecule has 1 N–H and O–H groups in total. The zero-order valence-electron chi connectivity index (χ0n) is 14.1. The predicted octanol–water partition coefficient (Wildman–Crippen LogP) is 0.943. The molecular weight excluding hydrogens is 350 g/mol. The second-order valence-corrected chi connectivity index (χ2v) is 7.86. The summed E-state index contributed by atoms with van der Waals surface area (Å²) < 4.78 is 35.8. The first-order chi connectivity index (χ1) is 11.7. The molecule has 9 heteroatoms. The van der Waals surface area contributed by atoms with Crippen molar-refractivity contribution in [3.63, 3.8) is 0 Å². The Labute approximate surface area is 146 Å². The lowest BCUT2D eigenvalue weighted by atomic mass is 10.3. The van der Waals surface area contributed by atoms with E-state index in [2.05, 4.69) is 0 Å². The fraction of sp³-hybridized carbons (Fsp3) is 0.500. The molecule has 0 saturated heterocycles. The number of carboxylic acid groups (broad SMARTS) is 1. The lowest BCUT2D eigenvalue weighted by Gasteiger charge is -2.21. The molecule has 1 aliphatic heterocycles. The molecule has 0 radical (unpaired) electrons. The van der Waals surface area contributed by atoms with Gasteiger partial charge in [-0.25, -0.2) is 13.2 Å². The van der Waals surface area contributed by atoms with Gasteiger partial charge in [0.25, 0.3) is 0 Å². The van der Waals surface area contributed by atoms with E-state index in [1.165, 1.54) is 32.2 Å². The van der Waals surface area contributed by atoms with Gasteiger partial charge in [0.05, 0.1) is 23.9 Å². The smallest absolute Gasteiger partial charge is 0.326 e. The van der Waals surface area contributed by atoms with Crippen LogP contribution >= 0.6 is 0 Å². The minimum Gasteiger partial charge on any atom is -0.490 e. The minimum atomic E-state index is -3.71. The second kappa shape index (κ2) is 7.73. The van der Waals surface area contributed by atoms with E-state index >= 15 is 0 Å². The summed E-state index contributed by atoms with van der Waals surface area (Å²) in [6.45, 7) is 2.30. The fourth-order valence-corrected chi connectivity index (χ4v) is 3.48. The van der Waals surface area contributed by atoms with Crippen LogP contribution in [-0.4, -0.2) is 62.4 Å². The molecule has 0 saturated carbocycles. The van der Waals surface area contributed by atoms with Gasteiger partial charge in [-0.15, -0.1) is 0 Å². The number of rotatable bonds is 6. The van der Waals surface area contributed by atoms with Crippen molar-refractivity contribution >= 4 is 21.7 Å². The maximum atomic E-state index is 12.5. The molecule has 1 heterocycles. The Kier molecular flexibility index (Phi) is 5.89. The van der Waals surface area contributed by atoms with Crippen LogP contribution in [0.4, 0.5) is 0 Å². The molecule has 0 aromatic heterocycles. The van der Waals surface area contributed by atoms with Crippen LogP contribution in [0.2, 0.25) is 0 Å². The highest BCUT2D eigenvalue weighted by Gasteiger charge is 2.25. The van der Waals surface area contributed by atoms with Gasteiger partial charge in [0.2, 0.25) is 5.91 Å². The zero-order chi connectivity index (χ0) is 18.6. The summed E-state index contributed by atoms with van der Waals surface area (Å²) in [5.74, 6) is -1.26. The molecule has 25 heavy (non-hydrogen) atoms. The molecule has 1 atom stereocenters. The van der Waals surface area contributed by atoms with E-state index in [4.69, 9.17) is 14.6 Å². The number of carbonyl (C=O) groups excluding carboxylic acids is 1. The molecule has 8 nitrogen and oxygen atoms in total. The SMILES string of the molecule is CC(C(=O)O)N(C)C(=O)CCS(=O)(=O)c1ccc2c(c1)OCCCO2. The predicted molar refractivity (Wildman–Crippen MR) is 88.6 cm³/mol. The number of ether oxygens (including phenoxy) is 2. The quantitative estimate of drug-likeness (QED) is 0.792.